The lowest BCUT2D eigenvalue weighted by Crippen LogP contribution is -2.27. The van der Waals surface area contributed by atoms with Gasteiger partial charge in [0.15, 0.2) is 0 Å². The van der Waals surface area contributed by atoms with E-state index in [0.29, 0.717) is 0 Å². The van der Waals surface area contributed by atoms with Gasteiger partial charge in [-0.25, -0.2) is 9.97 Å². The summed E-state index contributed by atoms with van der Waals surface area (Å²) in [7, 11) is 0. The average molecular weight is 497 g/mol. The summed E-state index contributed by atoms with van der Waals surface area (Å²) in [6.07, 6.45) is 14.1. The van der Waals surface area contributed by atoms with Crippen LogP contribution in [0.25, 0.3) is 12.2 Å². The van der Waals surface area contributed by atoms with Crippen molar-refractivity contribution < 1.29 is 0 Å². The number of nitrogens with one attached hydrogen (secondary N) is 2. The zero-order chi connectivity index (χ0) is 25.9. The van der Waals surface area contributed by atoms with Crippen LogP contribution < -0.4 is 0 Å². The predicted molar refractivity (Wildman–Crippen MR) is 153 cm³/mol. The van der Waals surface area contributed by atoms with Crippen molar-refractivity contribution >= 4 is 12.2 Å². The van der Waals surface area contributed by atoms with E-state index in [0.717, 1.165) is 44.4 Å². The first-order valence-corrected chi connectivity index (χ1v) is 13.4. The summed E-state index contributed by atoms with van der Waals surface area (Å²) in [5.41, 5.74) is 5.06. The molecule has 1 unspecified atom stereocenters. The van der Waals surface area contributed by atoms with E-state index in [-0.39, 0.29) is 6.04 Å². The smallest absolute Gasteiger partial charge is 0.123 e. The van der Waals surface area contributed by atoms with Crippen molar-refractivity contribution in [2.24, 2.45) is 0 Å². The van der Waals surface area contributed by atoms with Crippen LogP contribution in [0.4, 0.5) is 0 Å². The molecule has 2 aromatic carbocycles. The first kappa shape index (κ1) is 26.6. The molecular weight excluding hydrogens is 456 g/mol. The minimum absolute atomic E-state index is 0.138. The van der Waals surface area contributed by atoms with E-state index in [1.807, 2.05) is 12.4 Å². The maximum Gasteiger partial charge on any atom is 0.123 e. The maximum atomic E-state index is 4.47. The second kappa shape index (κ2) is 13.7. The fourth-order valence-corrected chi connectivity index (χ4v) is 4.64. The maximum absolute atomic E-state index is 4.47. The largest absolute Gasteiger partial charge is 0.348 e. The van der Waals surface area contributed by atoms with Gasteiger partial charge in [-0.15, -0.1) is 0 Å². The molecule has 1 atom stereocenters. The summed E-state index contributed by atoms with van der Waals surface area (Å²) < 4.78 is 0. The molecule has 2 aromatic heterocycles. The molecule has 194 valence electrons. The summed E-state index contributed by atoms with van der Waals surface area (Å²) in [6, 6.07) is 17.9. The molecule has 0 bridgehead atoms. The van der Waals surface area contributed by atoms with Crippen LogP contribution in [0.1, 0.15) is 73.6 Å². The third-order valence-electron chi connectivity index (χ3n) is 6.67. The molecule has 0 aliphatic heterocycles. The fraction of sp³-hybridized carbons (Fsp3) is 0.355. The van der Waals surface area contributed by atoms with Crippen LogP contribution in [0.15, 0.2) is 73.3 Å². The van der Waals surface area contributed by atoms with Crippen molar-refractivity contribution in [3.05, 3.63) is 107 Å². The molecule has 4 aromatic rings. The Labute approximate surface area is 221 Å². The first-order chi connectivity index (χ1) is 18.1. The van der Waals surface area contributed by atoms with Gasteiger partial charge in [-0.3, -0.25) is 9.80 Å². The molecule has 0 spiro atoms. The van der Waals surface area contributed by atoms with Crippen molar-refractivity contribution in [3.8, 4) is 0 Å². The molecule has 0 radical (unpaired) electrons. The highest BCUT2D eigenvalue weighted by Crippen LogP contribution is 2.22. The number of hydrogen-bond donors (Lipinski definition) is 2. The van der Waals surface area contributed by atoms with Gasteiger partial charge in [-0.05, 0) is 55.1 Å². The minimum Gasteiger partial charge on any atom is -0.348 e. The SMILES string of the molecule is CCCN(CCC)Cc1ccc(/C=C/c2ccc(CN(Cc3ncc[nH]3)C(C)c3ncc[nH]3)cc2)cc1. The lowest BCUT2D eigenvalue weighted by molar-refractivity contribution is 0.181. The number of benzene rings is 2. The summed E-state index contributed by atoms with van der Waals surface area (Å²) in [5.74, 6) is 1.91. The number of rotatable bonds is 14. The molecule has 2 heterocycles. The second-order valence-electron chi connectivity index (χ2n) is 9.68. The van der Waals surface area contributed by atoms with Crippen LogP contribution in [0.5, 0.6) is 0 Å². The van der Waals surface area contributed by atoms with E-state index >= 15 is 0 Å². The van der Waals surface area contributed by atoms with E-state index in [1.165, 1.54) is 35.1 Å². The van der Waals surface area contributed by atoms with Gasteiger partial charge in [-0.1, -0.05) is 74.5 Å². The van der Waals surface area contributed by atoms with Crippen molar-refractivity contribution in [3.63, 3.8) is 0 Å². The summed E-state index contributed by atoms with van der Waals surface area (Å²) in [6.45, 7) is 11.6. The Hall–Kier alpha value is -3.48. The monoisotopic (exact) mass is 496 g/mol. The van der Waals surface area contributed by atoms with Crippen LogP contribution in [-0.2, 0) is 19.6 Å². The molecule has 6 heteroatoms. The molecule has 0 saturated carbocycles. The Balaban J connectivity index is 1.37. The molecule has 4 rings (SSSR count). The quantitative estimate of drug-likeness (QED) is 0.191. The van der Waals surface area contributed by atoms with Gasteiger partial charge in [0.1, 0.15) is 11.6 Å². The van der Waals surface area contributed by atoms with Gasteiger partial charge in [0.05, 0.1) is 12.6 Å². The molecule has 0 amide bonds. The molecule has 2 N–H and O–H groups in total. The Morgan fingerprint density at radius 1 is 0.730 bits per heavy atom. The molecule has 6 nitrogen and oxygen atoms in total. The summed E-state index contributed by atoms with van der Waals surface area (Å²) >= 11 is 0. The Bertz CT molecular complexity index is 1170. The summed E-state index contributed by atoms with van der Waals surface area (Å²) in [5, 5.41) is 0. The fourth-order valence-electron chi connectivity index (χ4n) is 4.64. The van der Waals surface area contributed by atoms with Gasteiger partial charge < -0.3 is 9.97 Å². The summed E-state index contributed by atoms with van der Waals surface area (Å²) in [4.78, 5) is 20.3. The van der Waals surface area contributed by atoms with Crippen molar-refractivity contribution in [1.29, 1.82) is 0 Å². The van der Waals surface area contributed by atoms with Crippen LogP contribution >= 0.6 is 0 Å². The lowest BCUT2D eigenvalue weighted by Gasteiger charge is -2.27. The standard InChI is InChI=1S/C31H40N6/c1-4-20-36(21-5-2)22-28-12-8-26(9-13-28)6-7-27-10-14-29(15-11-27)23-37(24-30-32-16-17-33-30)25(3)31-34-18-19-35-31/h6-19,25H,4-5,20-24H2,1-3H3,(H,32,33)(H,34,35)/b7-6+. The zero-order valence-electron chi connectivity index (χ0n) is 22.4. The van der Waals surface area contributed by atoms with Crippen LogP contribution in [0, 0.1) is 0 Å². The number of H-pyrrole nitrogens is 2. The van der Waals surface area contributed by atoms with E-state index in [2.05, 4.69) is 111 Å². The molecule has 0 saturated heterocycles. The van der Waals surface area contributed by atoms with E-state index < -0.39 is 0 Å². The number of hydrogen-bond acceptors (Lipinski definition) is 4. The van der Waals surface area contributed by atoms with Crippen LogP contribution in [0.3, 0.4) is 0 Å². The van der Waals surface area contributed by atoms with Crippen molar-refractivity contribution in [2.45, 2.75) is 59.3 Å². The van der Waals surface area contributed by atoms with E-state index in [4.69, 9.17) is 0 Å². The van der Waals surface area contributed by atoms with Crippen molar-refractivity contribution in [1.82, 2.24) is 29.7 Å². The number of nitrogens with zero attached hydrogens (tertiary/aromatic N) is 4. The molecule has 0 aliphatic rings. The van der Waals surface area contributed by atoms with Gasteiger partial charge in [0.25, 0.3) is 0 Å². The third kappa shape index (κ3) is 8.00. The number of imidazole rings is 2. The Morgan fingerprint density at radius 3 is 1.81 bits per heavy atom. The van der Waals surface area contributed by atoms with E-state index in [9.17, 15) is 0 Å². The normalized spacial score (nSPS) is 12.7. The molecule has 37 heavy (non-hydrogen) atoms. The van der Waals surface area contributed by atoms with Crippen LogP contribution in [0.2, 0.25) is 0 Å². The Kier molecular flexibility index (Phi) is 9.86. The van der Waals surface area contributed by atoms with Gasteiger partial charge in [-0.2, -0.15) is 0 Å². The number of aromatic nitrogens is 4. The minimum atomic E-state index is 0.138. The molecular formula is C31H40N6. The van der Waals surface area contributed by atoms with Gasteiger partial charge in [0, 0.05) is 37.9 Å². The Morgan fingerprint density at radius 2 is 1.30 bits per heavy atom. The average Bonchev–Trinajstić information content (AvgIpc) is 3.64. The lowest BCUT2D eigenvalue weighted by atomic mass is 10.1. The second-order valence-corrected chi connectivity index (χ2v) is 9.68. The number of aromatic amines is 2. The molecule has 0 aliphatic carbocycles. The predicted octanol–water partition coefficient (Wildman–Crippen LogP) is 6.69. The zero-order valence-corrected chi connectivity index (χ0v) is 22.4. The topological polar surface area (TPSA) is 63.8 Å². The van der Waals surface area contributed by atoms with Gasteiger partial charge >= 0.3 is 0 Å². The first-order valence-electron chi connectivity index (χ1n) is 13.4. The highest BCUT2D eigenvalue weighted by atomic mass is 15.2. The van der Waals surface area contributed by atoms with Crippen LogP contribution in [-0.4, -0.2) is 42.8 Å². The van der Waals surface area contributed by atoms with Crippen molar-refractivity contribution in [2.75, 3.05) is 13.1 Å². The molecule has 0 fully saturated rings. The van der Waals surface area contributed by atoms with E-state index in [1.54, 1.807) is 12.4 Å². The third-order valence-corrected chi connectivity index (χ3v) is 6.67. The van der Waals surface area contributed by atoms with Gasteiger partial charge in [0.2, 0.25) is 0 Å². The highest BCUT2D eigenvalue weighted by molar-refractivity contribution is 5.69. The highest BCUT2D eigenvalue weighted by Gasteiger charge is 2.19.